The molecule has 1 aliphatic heterocycles. The largest absolute Gasteiger partial charge is 0.480 e. The molecule has 1 N–H and O–H groups in total. The Balaban J connectivity index is 2.12. The van der Waals surface area contributed by atoms with Gasteiger partial charge in [-0.15, -0.1) is 0 Å². The maximum absolute atomic E-state index is 10.9. The van der Waals surface area contributed by atoms with Crippen LogP contribution in [-0.4, -0.2) is 41.2 Å². The van der Waals surface area contributed by atoms with E-state index in [9.17, 15) is 4.79 Å². The van der Waals surface area contributed by atoms with Crippen molar-refractivity contribution in [1.29, 1.82) is 0 Å². The van der Waals surface area contributed by atoms with Gasteiger partial charge in [0, 0.05) is 12.1 Å². The first-order valence-corrected chi connectivity index (χ1v) is 6.12. The van der Waals surface area contributed by atoms with E-state index in [1.807, 2.05) is 49.1 Å². The minimum atomic E-state index is -0.795. The molecule has 4 heteroatoms. The molecule has 1 aromatic carbocycles. The predicted molar refractivity (Wildman–Crippen MR) is 68.4 cm³/mol. The number of hydrogen-bond donors (Lipinski definition) is 1. The lowest BCUT2D eigenvalue weighted by Crippen LogP contribution is -2.55. The monoisotopic (exact) mass is 249 g/mol. The molecule has 0 unspecified atom stereocenters. The normalized spacial score (nSPS) is 23.8. The number of benzene rings is 1. The average molecular weight is 249 g/mol. The Morgan fingerprint density at radius 2 is 2.11 bits per heavy atom. The molecule has 1 atom stereocenters. The minimum absolute atomic E-state index is 0.0430. The van der Waals surface area contributed by atoms with E-state index in [1.165, 1.54) is 0 Å². The molecule has 1 fully saturated rings. The second-order valence-corrected chi connectivity index (χ2v) is 5.30. The third kappa shape index (κ3) is 2.89. The first kappa shape index (κ1) is 13.1. The van der Waals surface area contributed by atoms with Gasteiger partial charge in [0.25, 0.3) is 0 Å². The number of carbonyl (C=O) groups is 1. The summed E-state index contributed by atoms with van der Waals surface area (Å²) in [6.07, 6.45) is -0.0430. The summed E-state index contributed by atoms with van der Waals surface area (Å²) in [4.78, 5) is 12.9. The second kappa shape index (κ2) is 5.08. The van der Waals surface area contributed by atoms with E-state index in [4.69, 9.17) is 9.84 Å². The number of ether oxygens (including phenoxy) is 1. The van der Waals surface area contributed by atoms with E-state index in [0.717, 1.165) is 5.56 Å². The zero-order valence-electron chi connectivity index (χ0n) is 10.8. The van der Waals surface area contributed by atoms with Crippen LogP contribution >= 0.6 is 0 Å². The van der Waals surface area contributed by atoms with Crippen LogP contribution in [0.3, 0.4) is 0 Å². The fourth-order valence-electron chi connectivity index (χ4n) is 2.21. The van der Waals surface area contributed by atoms with Crippen molar-refractivity contribution in [3.8, 4) is 0 Å². The van der Waals surface area contributed by atoms with Crippen molar-refractivity contribution >= 4 is 5.97 Å². The Bertz CT molecular complexity index is 416. The molecule has 1 saturated heterocycles. The highest BCUT2D eigenvalue weighted by atomic mass is 16.5. The number of rotatable bonds is 3. The van der Waals surface area contributed by atoms with Gasteiger partial charge in [-0.05, 0) is 19.4 Å². The quantitative estimate of drug-likeness (QED) is 0.889. The molecule has 0 aliphatic carbocycles. The van der Waals surface area contributed by atoms with Crippen LogP contribution < -0.4 is 0 Å². The Hall–Kier alpha value is -1.39. The highest BCUT2D eigenvalue weighted by Gasteiger charge is 2.36. The van der Waals surface area contributed by atoms with E-state index >= 15 is 0 Å². The van der Waals surface area contributed by atoms with Gasteiger partial charge in [0.2, 0.25) is 0 Å². The Morgan fingerprint density at radius 3 is 2.72 bits per heavy atom. The van der Waals surface area contributed by atoms with Crippen LogP contribution in [0.4, 0.5) is 0 Å². The molecule has 4 nitrogen and oxygen atoms in total. The topological polar surface area (TPSA) is 49.8 Å². The van der Waals surface area contributed by atoms with Gasteiger partial charge in [0.1, 0.15) is 0 Å². The molecule has 98 valence electrons. The zero-order chi connectivity index (χ0) is 13.2. The Kier molecular flexibility index (Phi) is 3.68. The SMILES string of the molecule is CC1(C)CO[C@@H](c2ccccc2)CN1CC(=O)O. The van der Waals surface area contributed by atoms with Crippen molar-refractivity contribution in [2.75, 3.05) is 19.7 Å². The summed E-state index contributed by atoms with van der Waals surface area (Å²) in [7, 11) is 0. The van der Waals surface area contributed by atoms with E-state index in [2.05, 4.69) is 0 Å². The molecule has 0 radical (unpaired) electrons. The molecule has 0 saturated carbocycles. The molecule has 18 heavy (non-hydrogen) atoms. The molecule has 1 heterocycles. The summed E-state index contributed by atoms with van der Waals surface area (Å²) >= 11 is 0. The molecule has 1 aliphatic rings. The third-order valence-electron chi connectivity index (χ3n) is 3.38. The molecule has 0 aromatic heterocycles. The van der Waals surface area contributed by atoms with Crippen LogP contribution in [0.2, 0.25) is 0 Å². The molecule has 1 aromatic rings. The van der Waals surface area contributed by atoms with E-state index in [1.54, 1.807) is 0 Å². The van der Waals surface area contributed by atoms with Gasteiger partial charge in [-0.3, -0.25) is 9.69 Å². The van der Waals surface area contributed by atoms with Crippen molar-refractivity contribution in [3.05, 3.63) is 35.9 Å². The van der Waals surface area contributed by atoms with Crippen LogP contribution in [0.25, 0.3) is 0 Å². The van der Waals surface area contributed by atoms with Crippen molar-refractivity contribution in [2.24, 2.45) is 0 Å². The van der Waals surface area contributed by atoms with Crippen LogP contribution in [0.15, 0.2) is 30.3 Å². The Labute approximate surface area is 107 Å². The van der Waals surface area contributed by atoms with Crippen LogP contribution in [0.1, 0.15) is 25.5 Å². The number of aliphatic carboxylic acids is 1. The average Bonchev–Trinajstić information content (AvgIpc) is 2.32. The van der Waals surface area contributed by atoms with Crippen LogP contribution in [-0.2, 0) is 9.53 Å². The van der Waals surface area contributed by atoms with Crippen molar-refractivity contribution in [3.63, 3.8) is 0 Å². The van der Waals surface area contributed by atoms with Crippen LogP contribution in [0, 0.1) is 0 Å². The Morgan fingerprint density at radius 1 is 1.44 bits per heavy atom. The lowest BCUT2D eigenvalue weighted by molar-refractivity contribution is -0.147. The van der Waals surface area contributed by atoms with E-state index in [0.29, 0.717) is 13.2 Å². The predicted octanol–water partition coefficient (Wildman–Crippen LogP) is 1.92. The molecule has 0 bridgehead atoms. The number of hydrogen-bond acceptors (Lipinski definition) is 3. The molecule has 0 amide bonds. The summed E-state index contributed by atoms with van der Waals surface area (Å²) in [5.41, 5.74) is 0.868. The lowest BCUT2D eigenvalue weighted by Gasteiger charge is -2.44. The summed E-state index contributed by atoms with van der Waals surface area (Å²) in [6.45, 7) is 5.23. The number of morpholine rings is 1. The van der Waals surface area contributed by atoms with E-state index in [-0.39, 0.29) is 18.2 Å². The van der Waals surface area contributed by atoms with Crippen molar-refractivity contribution < 1.29 is 14.6 Å². The van der Waals surface area contributed by atoms with E-state index < -0.39 is 5.97 Å². The summed E-state index contributed by atoms with van der Waals surface area (Å²) in [5, 5.41) is 8.97. The maximum atomic E-state index is 10.9. The smallest absolute Gasteiger partial charge is 0.317 e. The van der Waals surface area contributed by atoms with Gasteiger partial charge in [0.05, 0.1) is 19.3 Å². The molecular weight excluding hydrogens is 230 g/mol. The third-order valence-corrected chi connectivity index (χ3v) is 3.38. The fraction of sp³-hybridized carbons (Fsp3) is 0.500. The van der Waals surface area contributed by atoms with Gasteiger partial charge < -0.3 is 9.84 Å². The maximum Gasteiger partial charge on any atom is 0.317 e. The summed E-state index contributed by atoms with van der Waals surface area (Å²) < 4.78 is 5.86. The first-order chi connectivity index (χ1) is 8.49. The molecule has 2 rings (SSSR count). The standard InChI is InChI=1S/C14H19NO3/c1-14(2)10-18-12(8-15(14)9-13(16)17)11-6-4-3-5-7-11/h3-7,12H,8-10H2,1-2H3,(H,16,17)/t12-/m1/s1. The minimum Gasteiger partial charge on any atom is -0.480 e. The van der Waals surface area contributed by atoms with Gasteiger partial charge in [-0.1, -0.05) is 30.3 Å². The number of carboxylic acid groups (broad SMARTS) is 1. The summed E-state index contributed by atoms with van der Waals surface area (Å²) in [6, 6.07) is 9.94. The zero-order valence-corrected chi connectivity index (χ0v) is 10.8. The lowest BCUT2D eigenvalue weighted by atomic mass is 9.98. The molecular formula is C14H19NO3. The highest BCUT2D eigenvalue weighted by Crippen LogP contribution is 2.29. The van der Waals surface area contributed by atoms with Crippen molar-refractivity contribution in [2.45, 2.75) is 25.5 Å². The highest BCUT2D eigenvalue weighted by molar-refractivity contribution is 5.69. The summed E-state index contributed by atoms with van der Waals surface area (Å²) in [5.74, 6) is -0.795. The number of nitrogens with zero attached hydrogens (tertiary/aromatic N) is 1. The van der Waals surface area contributed by atoms with Gasteiger partial charge >= 0.3 is 5.97 Å². The van der Waals surface area contributed by atoms with Gasteiger partial charge in [-0.25, -0.2) is 0 Å². The van der Waals surface area contributed by atoms with Gasteiger partial charge in [0.15, 0.2) is 0 Å². The first-order valence-electron chi connectivity index (χ1n) is 6.12. The molecule has 0 spiro atoms. The van der Waals surface area contributed by atoms with Crippen molar-refractivity contribution in [1.82, 2.24) is 4.90 Å². The second-order valence-electron chi connectivity index (χ2n) is 5.30. The van der Waals surface area contributed by atoms with Crippen LogP contribution in [0.5, 0.6) is 0 Å². The van der Waals surface area contributed by atoms with Gasteiger partial charge in [-0.2, -0.15) is 0 Å². The number of carboxylic acids is 1. The fourth-order valence-corrected chi connectivity index (χ4v) is 2.21.